The highest BCUT2D eigenvalue weighted by Crippen LogP contribution is 2.39. The van der Waals surface area contributed by atoms with Crippen molar-refractivity contribution in [1.82, 2.24) is 14.9 Å². The van der Waals surface area contributed by atoms with E-state index < -0.39 is 5.82 Å². The average Bonchev–Trinajstić information content (AvgIpc) is 2.94. The number of hydrogen-bond donors (Lipinski definition) is 0. The van der Waals surface area contributed by atoms with Gasteiger partial charge < -0.3 is 23.8 Å². The molecule has 0 unspecified atom stereocenters. The summed E-state index contributed by atoms with van der Waals surface area (Å²) >= 11 is 0. The van der Waals surface area contributed by atoms with Crippen molar-refractivity contribution in [1.29, 1.82) is 0 Å². The Labute approximate surface area is 223 Å². The Kier molecular flexibility index (Phi) is 7.83. The van der Waals surface area contributed by atoms with Crippen LogP contribution in [-0.4, -0.2) is 55.8 Å². The van der Waals surface area contributed by atoms with E-state index in [1.807, 2.05) is 12.1 Å². The first-order valence-electron chi connectivity index (χ1n) is 13.1. The summed E-state index contributed by atoms with van der Waals surface area (Å²) in [7, 11) is 4.82. The van der Waals surface area contributed by atoms with Gasteiger partial charge in [0.1, 0.15) is 0 Å². The SMILES string of the molecule is COc1cc(CN2CCc3nc(N4CCC(C)CC4)nc(Oc4ccccc4F)c3C2)cc(OC)c1OC. The van der Waals surface area contributed by atoms with Crippen molar-refractivity contribution in [3.8, 4) is 28.9 Å². The maximum absolute atomic E-state index is 14.6. The van der Waals surface area contributed by atoms with Crippen molar-refractivity contribution in [2.24, 2.45) is 5.92 Å². The lowest BCUT2D eigenvalue weighted by atomic mass is 9.99. The topological polar surface area (TPSA) is 69.2 Å². The lowest BCUT2D eigenvalue weighted by Crippen LogP contribution is -2.36. The fraction of sp³-hybridized carbons (Fsp3) is 0.448. The summed E-state index contributed by atoms with van der Waals surface area (Å²) in [5, 5.41) is 0. The first-order valence-corrected chi connectivity index (χ1v) is 13.1. The average molecular weight is 523 g/mol. The molecule has 38 heavy (non-hydrogen) atoms. The van der Waals surface area contributed by atoms with Gasteiger partial charge in [-0.2, -0.15) is 4.98 Å². The highest BCUT2D eigenvalue weighted by Gasteiger charge is 2.27. The predicted molar refractivity (Wildman–Crippen MR) is 143 cm³/mol. The number of hydrogen-bond acceptors (Lipinski definition) is 8. The molecule has 0 radical (unpaired) electrons. The number of methoxy groups -OCH3 is 3. The molecule has 8 nitrogen and oxygen atoms in total. The number of aromatic nitrogens is 2. The molecule has 3 heterocycles. The molecule has 1 saturated heterocycles. The summed E-state index contributed by atoms with van der Waals surface area (Å²) in [4.78, 5) is 14.3. The third-order valence-electron chi connectivity index (χ3n) is 7.33. The molecule has 0 N–H and O–H groups in total. The van der Waals surface area contributed by atoms with Crippen LogP contribution >= 0.6 is 0 Å². The van der Waals surface area contributed by atoms with Crippen molar-refractivity contribution in [3.63, 3.8) is 0 Å². The Morgan fingerprint density at radius 1 is 0.921 bits per heavy atom. The lowest BCUT2D eigenvalue weighted by molar-refractivity contribution is 0.236. The summed E-state index contributed by atoms with van der Waals surface area (Å²) in [6, 6.07) is 10.4. The molecule has 3 aromatic rings. The molecule has 1 fully saturated rings. The zero-order valence-corrected chi connectivity index (χ0v) is 22.5. The van der Waals surface area contributed by atoms with Gasteiger partial charge in [-0.15, -0.1) is 0 Å². The van der Waals surface area contributed by atoms with Gasteiger partial charge >= 0.3 is 0 Å². The number of piperidine rings is 1. The largest absolute Gasteiger partial charge is 0.493 e. The minimum Gasteiger partial charge on any atom is -0.493 e. The smallest absolute Gasteiger partial charge is 0.229 e. The summed E-state index contributed by atoms with van der Waals surface area (Å²) in [5.41, 5.74) is 2.88. The Hall–Kier alpha value is -3.59. The first-order chi connectivity index (χ1) is 18.5. The van der Waals surface area contributed by atoms with E-state index in [-0.39, 0.29) is 5.75 Å². The van der Waals surface area contributed by atoms with Crippen LogP contribution in [-0.2, 0) is 19.5 Å². The van der Waals surface area contributed by atoms with E-state index in [1.165, 1.54) is 6.07 Å². The van der Waals surface area contributed by atoms with Crippen LogP contribution < -0.4 is 23.8 Å². The Balaban J connectivity index is 1.45. The number of nitrogens with zero attached hydrogens (tertiary/aromatic N) is 4. The molecule has 202 valence electrons. The molecule has 0 saturated carbocycles. The standard InChI is InChI=1S/C29H35FN4O4/c1-19-9-13-34(14-10-19)29-31-23-11-12-33(17-20-15-25(35-2)27(37-4)26(16-20)36-3)18-21(23)28(32-29)38-24-8-6-5-7-22(24)30/h5-8,15-16,19H,9-14,17-18H2,1-4H3. The van der Waals surface area contributed by atoms with Gasteiger partial charge in [0.25, 0.3) is 0 Å². The third-order valence-corrected chi connectivity index (χ3v) is 7.33. The highest BCUT2D eigenvalue weighted by atomic mass is 19.1. The molecule has 0 atom stereocenters. The number of ether oxygens (including phenoxy) is 4. The molecule has 0 spiro atoms. The van der Waals surface area contributed by atoms with Gasteiger partial charge in [-0.25, -0.2) is 9.37 Å². The predicted octanol–water partition coefficient (Wildman–Crippen LogP) is 5.23. The lowest BCUT2D eigenvalue weighted by Gasteiger charge is -2.33. The molecule has 0 bridgehead atoms. The van der Waals surface area contributed by atoms with Crippen LogP contribution in [0.15, 0.2) is 36.4 Å². The molecular formula is C29H35FN4O4. The van der Waals surface area contributed by atoms with Crippen LogP contribution in [0.4, 0.5) is 10.3 Å². The van der Waals surface area contributed by atoms with Gasteiger partial charge in [0.2, 0.25) is 17.6 Å². The molecule has 2 aliphatic heterocycles. The first kappa shape index (κ1) is 26.0. The number of benzene rings is 2. The quantitative estimate of drug-likeness (QED) is 0.399. The van der Waals surface area contributed by atoms with Crippen LogP contribution in [0.5, 0.6) is 28.9 Å². The van der Waals surface area contributed by atoms with Gasteiger partial charge in [-0.1, -0.05) is 19.1 Å². The zero-order chi connectivity index (χ0) is 26.6. The number of rotatable bonds is 8. The van der Waals surface area contributed by atoms with Gasteiger partial charge in [0.05, 0.1) is 32.6 Å². The van der Waals surface area contributed by atoms with Crippen molar-refractivity contribution < 1.29 is 23.3 Å². The van der Waals surface area contributed by atoms with Crippen LogP contribution in [0.3, 0.4) is 0 Å². The van der Waals surface area contributed by atoms with Crippen LogP contribution in [0, 0.1) is 11.7 Å². The summed E-state index contributed by atoms with van der Waals surface area (Å²) in [5.74, 6) is 3.33. The molecule has 5 rings (SSSR count). The Morgan fingerprint density at radius 2 is 1.63 bits per heavy atom. The van der Waals surface area contributed by atoms with E-state index in [1.54, 1.807) is 39.5 Å². The normalized spacial score (nSPS) is 16.2. The monoisotopic (exact) mass is 522 g/mol. The van der Waals surface area contributed by atoms with E-state index in [4.69, 9.17) is 28.9 Å². The van der Waals surface area contributed by atoms with E-state index in [0.29, 0.717) is 48.1 Å². The molecule has 0 amide bonds. The maximum Gasteiger partial charge on any atom is 0.229 e. The minimum absolute atomic E-state index is 0.161. The van der Waals surface area contributed by atoms with Gasteiger partial charge in [0.15, 0.2) is 23.1 Å². The summed E-state index contributed by atoms with van der Waals surface area (Å²) in [6.45, 7) is 6.14. The van der Waals surface area contributed by atoms with Crippen molar-refractivity contribution in [2.45, 2.75) is 39.3 Å². The number of para-hydroxylation sites is 1. The molecule has 1 aromatic heterocycles. The van der Waals surface area contributed by atoms with E-state index in [2.05, 4.69) is 16.7 Å². The molecule has 0 aliphatic carbocycles. The fourth-order valence-electron chi connectivity index (χ4n) is 5.11. The van der Waals surface area contributed by atoms with Crippen LogP contribution in [0.25, 0.3) is 0 Å². The van der Waals surface area contributed by atoms with Gasteiger partial charge in [-0.05, 0) is 48.6 Å². The van der Waals surface area contributed by atoms with Crippen LogP contribution in [0.2, 0.25) is 0 Å². The second kappa shape index (κ2) is 11.4. The molecular weight excluding hydrogens is 487 g/mol. The van der Waals surface area contributed by atoms with E-state index in [0.717, 1.165) is 55.7 Å². The van der Waals surface area contributed by atoms with Gasteiger partial charge in [0, 0.05) is 39.1 Å². The van der Waals surface area contributed by atoms with E-state index in [9.17, 15) is 4.39 Å². The fourth-order valence-corrected chi connectivity index (χ4v) is 5.11. The highest BCUT2D eigenvalue weighted by molar-refractivity contribution is 5.54. The second-order valence-electron chi connectivity index (χ2n) is 9.95. The number of anilines is 1. The minimum atomic E-state index is -0.418. The van der Waals surface area contributed by atoms with E-state index >= 15 is 0 Å². The van der Waals surface area contributed by atoms with Crippen molar-refractivity contribution in [3.05, 3.63) is 59.0 Å². The Bertz CT molecular complexity index is 1250. The summed E-state index contributed by atoms with van der Waals surface area (Å²) in [6.07, 6.45) is 2.95. The second-order valence-corrected chi connectivity index (χ2v) is 9.95. The molecule has 2 aliphatic rings. The van der Waals surface area contributed by atoms with Crippen molar-refractivity contribution in [2.75, 3.05) is 45.9 Å². The molecule has 2 aromatic carbocycles. The van der Waals surface area contributed by atoms with Crippen LogP contribution in [0.1, 0.15) is 36.6 Å². The summed E-state index contributed by atoms with van der Waals surface area (Å²) < 4.78 is 37.2. The third kappa shape index (κ3) is 5.48. The van der Waals surface area contributed by atoms with Crippen molar-refractivity contribution >= 4 is 5.95 Å². The maximum atomic E-state index is 14.6. The molecule has 9 heteroatoms. The van der Waals surface area contributed by atoms with Gasteiger partial charge in [-0.3, -0.25) is 4.90 Å². The zero-order valence-electron chi connectivity index (χ0n) is 22.5. The Morgan fingerprint density at radius 3 is 2.29 bits per heavy atom. The number of fused-ring (bicyclic) bond motifs is 1. The number of halogens is 1.